The Kier molecular flexibility index (Phi) is 3.81. The van der Waals surface area contributed by atoms with Crippen molar-refractivity contribution in [2.45, 2.75) is 44.7 Å². The molecule has 2 saturated carbocycles. The molecule has 1 atom stereocenters. The lowest BCUT2D eigenvalue weighted by atomic mass is 10.1. The number of hydrogen-bond donors (Lipinski definition) is 1. The Morgan fingerprint density at radius 2 is 2.13 bits per heavy atom. The molecule has 2 heteroatoms. The van der Waals surface area contributed by atoms with Crippen molar-refractivity contribution in [1.82, 2.24) is 10.2 Å². The number of hydrogen-bond acceptors (Lipinski definition) is 2. The van der Waals surface area contributed by atoms with Gasteiger partial charge in [0.15, 0.2) is 0 Å². The predicted molar refractivity (Wildman–Crippen MR) is 65.0 cm³/mol. The van der Waals surface area contributed by atoms with Gasteiger partial charge >= 0.3 is 0 Å². The average molecular weight is 208 g/mol. The van der Waals surface area contributed by atoms with E-state index in [9.17, 15) is 0 Å². The lowest BCUT2D eigenvalue weighted by Crippen LogP contribution is -2.35. The minimum Gasteiger partial charge on any atom is -0.314 e. The van der Waals surface area contributed by atoms with E-state index in [0.717, 1.165) is 24.5 Å². The second-order valence-corrected chi connectivity index (χ2v) is 5.26. The zero-order valence-electron chi connectivity index (χ0n) is 9.91. The molecule has 0 saturated heterocycles. The van der Waals surface area contributed by atoms with Crippen LogP contribution in [0.25, 0.3) is 0 Å². The fraction of sp³-hybridized carbons (Fsp3) is 0.846. The molecule has 15 heavy (non-hydrogen) atoms. The van der Waals surface area contributed by atoms with Crippen LogP contribution in [0.2, 0.25) is 0 Å². The Labute approximate surface area is 93.7 Å². The molecule has 2 rings (SSSR count). The summed E-state index contributed by atoms with van der Waals surface area (Å²) >= 11 is 0. The summed E-state index contributed by atoms with van der Waals surface area (Å²) in [4.78, 5) is 2.59. The Hall–Kier alpha value is -0.340. The van der Waals surface area contributed by atoms with Crippen LogP contribution in [0.1, 0.15) is 32.6 Å². The van der Waals surface area contributed by atoms with E-state index in [0.29, 0.717) is 0 Å². The molecular weight excluding hydrogens is 184 g/mol. The smallest absolute Gasteiger partial charge is 0.0163 e. The van der Waals surface area contributed by atoms with Gasteiger partial charge in [0.25, 0.3) is 0 Å². The van der Waals surface area contributed by atoms with Gasteiger partial charge in [0.1, 0.15) is 0 Å². The zero-order valence-corrected chi connectivity index (χ0v) is 9.91. The number of nitrogens with one attached hydrogen (secondary N) is 1. The molecule has 0 aromatic heterocycles. The Bertz CT molecular complexity index is 207. The summed E-state index contributed by atoms with van der Waals surface area (Å²) in [5.41, 5.74) is 0. The Morgan fingerprint density at radius 3 is 2.67 bits per heavy atom. The largest absolute Gasteiger partial charge is 0.314 e. The molecule has 2 aliphatic carbocycles. The highest BCUT2D eigenvalue weighted by molar-refractivity contribution is 4.89. The van der Waals surface area contributed by atoms with Gasteiger partial charge in [0.05, 0.1) is 0 Å². The van der Waals surface area contributed by atoms with Crippen molar-refractivity contribution >= 4 is 0 Å². The first-order chi connectivity index (χ1) is 7.29. The van der Waals surface area contributed by atoms with Crippen LogP contribution in [0, 0.1) is 5.92 Å². The number of nitrogens with zero attached hydrogens (tertiary/aromatic N) is 1. The molecule has 1 unspecified atom stereocenters. The molecule has 1 N–H and O–H groups in total. The first-order valence-corrected chi connectivity index (χ1v) is 6.38. The fourth-order valence-electron chi connectivity index (χ4n) is 2.10. The maximum absolute atomic E-state index is 3.84. The van der Waals surface area contributed by atoms with Crippen molar-refractivity contribution in [2.75, 3.05) is 19.6 Å². The van der Waals surface area contributed by atoms with Gasteiger partial charge in [-0.2, -0.15) is 0 Å². The molecule has 86 valence electrons. The van der Waals surface area contributed by atoms with E-state index >= 15 is 0 Å². The van der Waals surface area contributed by atoms with Crippen LogP contribution in [0.3, 0.4) is 0 Å². The second kappa shape index (κ2) is 5.13. The van der Waals surface area contributed by atoms with E-state index < -0.39 is 0 Å². The SMILES string of the molecule is C=CCN(CC(C)CNC1CC1)C1CC1. The zero-order chi connectivity index (χ0) is 10.7. The molecule has 0 amide bonds. The molecule has 2 nitrogen and oxygen atoms in total. The van der Waals surface area contributed by atoms with E-state index in [1.165, 1.54) is 38.8 Å². The van der Waals surface area contributed by atoms with Gasteiger partial charge in [-0.3, -0.25) is 4.90 Å². The van der Waals surface area contributed by atoms with Gasteiger partial charge in [0, 0.05) is 25.2 Å². The van der Waals surface area contributed by atoms with Gasteiger partial charge in [0.2, 0.25) is 0 Å². The van der Waals surface area contributed by atoms with Crippen LogP contribution in [-0.2, 0) is 0 Å². The summed E-state index contributed by atoms with van der Waals surface area (Å²) in [6, 6.07) is 1.72. The molecule has 0 bridgehead atoms. The van der Waals surface area contributed by atoms with Crippen LogP contribution in [0.4, 0.5) is 0 Å². The van der Waals surface area contributed by atoms with Crippen LogP contribution in [-0.4, -0.2) is 36.6 Å². The fourth-order valence-corrected chi connectivity index (χ4v) is 2.10. The predicted octanol–water partition coefficient (Wildman–Crippen LogP) is 2.02. The quantitative estimate of drug-likeness (QED) is 0.614. The molecule has 0 heterocycles. The molecule has 0 aromatic rings. The average Bonchev–Trinajstić information content (AvgIpc) is 3.05. The van der Waals surface area contributed by atoms with Crippen LogP contribution >= 0.6 is 0 Å². The highest BCUT2D eigenvalue weighted by Gasteiger charge is 2.29. The molecule has 2 aliphatic rings. The van der Waals surface area contributed by atoms with Crippen molar-refractivity contribution < 1.29 is 0 Å². The first kappa shape index (κ1) is 11.2. The van der Waals surface area contributed by atoms with Gasteiger partial charge < -0.3 is 5.32 Å². The van der Waals surface area contributed by atoms with Crippen molar-refractivity contribution in [3.63, 3.8) is 0 Å². The van der Waals surface area contributed by atoms with Crippen LogP contribution in [0.5, 0.6) is 0 Å². The molecular formula is C13H24N2. The lowest BCUT2D eigenvalue weighted by Gasteiger charge is -2.24. The van der Waals surface area contributed by atoms with Crippen molar-refractivity contribution in [3.8, 4) is 0 Å². The first-order valence-electron chi connectivity index (χ1n) is 6.38. The van der Waals surface area contributed by atoms with Crippen LogP contribution in [0.15, 0.2) is 12.7 Å². The van der Waals surface area contributed by atoms with E-state index in [2.05, 4.69) is 23.7 Å². The highest BCUT2D eigenvalue weighted by atomic mass is 15.2. The lowest BCUT2D eigenvalue weighted by molar-refractivity contribution is 0.247. The molecule has 0 radical (unpaired) electrons. The third kappa shape index (κ3) is 3.96. The van der Waals surface area contributed by atoms with Gasteiger partial charge in [-0.25, -0.2) is 0 Å². The topological polar surface area (TPSA) is 15.3 Å². The highest BCUT2D eigenvalue weighted by Crippen LogP contribution is 2.27. The summed E-state index contributed by atoms with van der Waals surface area (Å²) in [5, 5.41) is 3.61. The van der Waals surface area contributed by atoms with E-state index in [1.807, 2.05) is 6.08 Å². The Morgan fingerprint density at radius 1 is 1.40 bits per heavy atom. The van der Waals surface area contributed by atoms with E-state index in [1.54, 1.807) is 0 Å². The van der Waals surface area contributed by atoms with Crippen molar-refractivity contribution in [2.24, 2.45) is 5.92 Å². The van der Waals surface area contributed by atoms with E-state index in [-0.39, 0.29) is 0 Å². The van der Waals surface area contributed by atoms with E-state index in [4.69, 9.17) is 0 Å². The Balaban J connectivity index is 1.64. The molecule has 0 spiro atoms. The third-order valence-electron chi connectivity index (χ3n) is 3.31. The maximum Gasteiger partial charge on any atom is 0.0163 e. The summed E-state index contributed by atoms with van der Waals surface area (Å²) in [7, 11) is 0. The number of rotatable bonds is 8. The molecule has 0 aromatic carbocycles. The molecule has 2 fully saturated rings. The summed E-state index contributed by atoms with van der Waals surface area (Å²) in [6.45, 7) is 9.69. The minimum absolute atomic E-state index is 0.770. The van der Waals surface area contributed by atoms with Crippen molar-refractivity contribution in [3.05, 3.63) is 12.7 Å². The molecule has 0 aliphatic heterocycles. The normalized spacial score (nSPS) is 23.1. The van der Waals surface area contributed by atoms with Crippen LogP contribution < -0.4 is 5.32 Å². The van der Waals surface area contributed by atoms with Gasteiger partial charge in [-0.05, 0) is 38.1 Å². The maximum atomic E-state index is 3.84. The minimum atomic E-state index is 0.770. The van der Waals surface area contributed by atoms with Crippen molar-refractivity contribution in [1.29, 1.82) is 0 Å². The second-order valence-electron chi connectivity index (χ2n) is 5.26. The third-order valence-corrected chi connectivity index (χ3v) is 3.31. The summed E-state index contributed by atoms with van der Waals surface area (Å²) in [5.74, 6) is 0.770. The standard InChI is InChI=1S/C13H24N2/c1-3-8-15(13-6-7-13)10-11(2)9-14-12-4-5-12/h3,11-14H,1,4-10H2,2H3. The summed E-state index contributed by atoms with van der Waals surface area (Å²) in [6.07, 6.45) is 7.63. The monoisotopic (exact) mass is 208 g/mol. The van der Waals surface area contributed by atoms with Gasteiger partial charge in [-0.1, -0.05) is 13.0 Å². The summed E-state index contributed by atoms with van der Waals surface area (Å²) < 4.78 is 0. The van der Waals surface area contributed by atoms with Gasteiger partial charge in [-0.15, -0.1) is 6.58 Å².